The number of aromatic nitrogens is 2. The van der Waals surface area contributed by atoms with E-state index in [1.807, 2.05) is 20.8 Å². The summed E-state index contributed by atoms with van der Waals surface area (Å²) in [7, 11) is 0. The van der Waals surface area contributed by atoms with Crippen LogP contribution in [-0.2, 0) is 9.53 Å². The smallest absolute Gasteiger partial charge is 0.366 e. The Hall–Kier alpha value is -2.45. The lowest BCUT2D eigenvalue weighted by atomic mass is 9.92. The molecule has 0 bridgehead atoms. The van der Waals surface area contributed by atoms with Crippen molar-refractivity contribution in [1.29, 1.82) is 0 Å². The Bertz CT molecular complexity index is 640. The average Bonchev–Trinajstić information content (AvgIpc) is 2.81. The quantitative estimate of drug-likeness (QED) is 0.470. The van der Waals surface area contributed by atoms with Crippen LogP contribution in [0, 0.1) is 15.5 Å². The topological polar surface area (TPSA) is 108 Å². The number of rotatable bonds is 4. The first kappa shape index (κ1) is 16.9. The zero-order valence-corrected chi connectivity index (χ0v) is 13.6. The van der Waals surface area contributed by atoms with Gasteiger partial charge in [-0.3, -0.25) is 19.6 Å². The van der Waals surface area contributed by atoms with E-state index in [2.05, 4.69) is 5.10 Å². The number of hydrogen-bond acceptors (Lipinski definition) is 6. The van der Waals surface area contributed by atoms with Gasteiger partial charge in [-0.05, 0) is 6.92 Å². The van der Waals surface area contributed by atoms with Crippen molar-refractivity contribution in [3.63, 3.8) is 0 Å². The molecule has 1 fully saturated rings. The van der Waals surface area contributed by atoms with Gasteiger partial charge >= 0.3 is 11.7 Å². The van der Waals surface area contributed by atoms with Gasteiger partial charge in [-0.25, -0.2) is 4.79 Å². The van der Waals surface area contributed by atoms with Crippen LogP contribution in [0.15, 0.2) is 6.20 Å². The minimum absolute atomic E-state index is 0.0148. The van der Waals surface area contributed by atoms with Crippen molar-refractivity contribution in [2.45, 2.75) is 33.7 Å². The molecule has 9 nitrogen and oxygen atoms in total. The molecule has 1 saturated heterocycles. The van der Waals surface area contributed by atoms with E-state index in [4.69, 9.17) is 4.74 Å². The van der Waals surface area contributed by atoms with Crippen LogP contribution >= 0.6 is 0 Å². The van der Waals surface area contributed by atoms with Gasteiger partial charge in [0.1, 0.15) is 6.20 Å². The highest BCUT2D eigenvalue weighted by atomic mass is 16.6. The second-order valence-electron chi connectivity index (χ2n) is 6.43. The summed E-state index contributed by atoms with van der Waals surface area (Å²) in [5.41, 5.74) is -1.17. The molecule has 1 aliphatic heterocycles. The maximum Gasteiger partial charge on any atom is 0.366 e. The van der Waals surface area contributed by atoms with Crippen LogP contribution in [0.5, 0.6) is 0 Å². The average molecular weight is 324 g/mol. The Labute approximate surface area is 133 Å². The molecule has 1 aromatic rings. The van der Waals surface area contributed by atoms with Gasteiger partial charge in [-0.2, -0.15) is 5.10 Å². The molecule has 0 aromatic carbocycles. The summed E-state index contributed by atoms with van der Waals surface area (Å²) in [5.74, 6) is -0.805. The van der Waals surface area contributed by atoms with E-state index in [1.54, 1.807) is 11.8 Å². The fourth-order valence-electron chi connectivity index (χ4n) is 2.31. The molecule has 0 spiro atoms. The van der Waals surface area contributed by atoms with Crippen molar-refractivity contribution in [3.05, 3.63) is 22.0 Å². The van der Waals surface area contributed by atoms with Crippen molar-refractivity contribution in [2.24, 2.45) is 5.41 Å². The fraction of sp³-hybridized carbons (Fsp3) is 0.643. The Morgan fingerprint density at radius 3 is 2.52 bits per heavy atom. The number of ether oxygens (including phenoxy) is 1. The van der Waals surface area contributed by atoms with Crippen LogP contribution in [-0.4, -0.2) is 51.2 Å². The van der Waals surface area contributed by atoms with Crippen molar-refractivity contribution in [2.75, 3.05) is 19.7 Å². The Morgan fingerprint density at radius 2 is 2.04 bits per heavy atom. The number of nitro groups is 1. The van der Waals surface area contributed by atoms with Gasteiger partial charge in [-0.15, -0.1) is 0 Å². The predicted octanol–water partition coefficient (Wildman–Crippen LogP) is 1.40. The normalized spacial score (nSPS) is 15.2. The highest BCUT2D eigenvalue weighted by molar-refractivity contribution is 5.91. The second-order valence-corrected chi connectivity index (χ2v) is 6.43. The zero-order valence-electron chi connectivity index (χ0n) is 13.6. The molecular formula is C14H20N4O5. The molecular weight excluding hydrogens is 304 g/mol. The summed E-state index contributed by atoms with van der Waals surface area (Å²) in [4.78, 5) is 35.9. The molecule has 23 heavy (non-hydrogen) atoms. The lowest BCUT2D eigenvalue weighted by molar-refractivity contribution is -0.385. The van der Waals surface area contributed by atoms with Gasteiger partial charge in [0, 0.05) is 18.5 Å². The molecule has 0 aliphatic carbocycles. The van der Waals surface area contributed by atoms with Gasteiger partial charge < -0.3 is 9.64 Å². The summed E-state index contributed by atoms with van der Waals surface area (Å²) in [5, 5.41) is 15.0. The molecule has 1 amide bonds. The van der Waals surface area contributed by atoms with Crippen molar-refractivity contribution in [3.8, 4) is 0 Å². The lowest BCUT2D eigenvalue weighted by Crippen LogP contribution is -2.54. The van der Waals surface area contributed by atoms with Crippen LogP contribution in [0.1, 0.15) is 44.2 Å². The molecule has 9 heteroatoms. The minimum Gasteiger partial charge on any atom is -0.461 e. The molecule has 126 valence electrons. The summed E-state index contributed by atoms with van der Waals surface area (Å²) in [6, 6.07) is -0.178. The molecule has 0 N–H and O–H groups in total. The largest absolute Gasteiger partial charge is 0.461 e. The first-order chi connectivity index (χ1) is 10.6. The van der Waals surface area contributed by atoms with Gasteiger partial charge in [0.2, 0.25) is 11.6 Å². The van der Waals surface area contributed by atoms with E-state index in [0.717, 1.165) is 0 Å². The van der Waals surface area contributed by atoms with Gasteiger partial charge in [0.25, 0.3) is 0 Å². The van der Waals surface area contributed by atoms with E-state index in [0.29, 0.717) is 13.1 Å². The third-order valence-corrected chi connectivity index (χ3v) is 3.54. The van der Waals surface area contributed by atoms with Crippen molar-refractivity contribution < 1.29 is 19.2 Å². The standard InChI is InChI=1S/C14H20N4O5/c1-5-23-12(19)11-10(18(21)22)8-17(15-11)9-6-16(7-9)13(20)14(2,3)4/h8-9H,5-7H2,1-4H3. The molecule has 1 aromatic heterocycles. The first-order valence-electron chi connectivity index (χ1n) is 7.35. The number of carbonyl (C=O) groups is 2. The summed E-state index contributed by atoms with van der Waals surface area (Å²) in [6.07, 6.45) is 1.22. The number of carbonyl (C=O) groups excluding carboxylic acids is 2. The number of amides is 1. The summed E-state index contributed by atoms with van der Waals surface area (Å²) >= 11 is 0. The van der Waals surface area contributed by atoms with Crippen LogP contribution in [0.25, 0.3) is 0 Å². The van der Waals surface area contributed by atoms with E-state index in [9.17, 15) is 19.7 Å². The number of hydrogen-bond donors (Lipinski definition) is 0. The Morgan fingerprint density at radius 1 is 1.43 bits per heavy atom. The molecule has 1 aliphatic rings. The number of esters is 1. The van der Waals surface area contributed by atoms with E-state index >= 15 is 0 Å². The molecule has 0 atom stereocenters. The van der Waals surface area contributed by atoms with Gasteiger partial charge in [0.15, 0.2) is 0 Å². The molecule has 0 saturated carbocycles. The third-order valence-electron chi connectivity index (χ3n) is 3.54. The van der Waals surface area contributed by atoms with Crippen LogP contribution in [0.3, 0.4) is 0 Å². The van der Waals surface area contributed by atoms with Crippen molar-refractivity contribution in [1.82, 2.24) is 14.7 Å². The number of nitrogens with zero attached hydrogens (tertiary/aromatic N) is 4. The number of likely N-dealkylation sites (tertiary alicyclic amines) is 1. The summed E-state index contributed by atoms with van der Waals surface area (Å²) < 4.78 is 6.16. The minimum atomic E-state index is -0.820. The third kappa shape index (κ3) is 3.33. The van der Waals surface area contributed by atoms with Gasteiger partial charge in [-0.1, -0.05) is 20.8 Å². The lowest BCUT2D eigenvalue weighted by Gasteiger charge is -2.42. The molecule has 0 radical (unpaired) electrons. The van der Waals surface area contributed by atoms with Crippen LogP contribution < -0.4 is 0 Å². The monoisotopic (exact) mass is 324 g/mol. The second kappa shape index (κ2) is 5.98. The highest BCUT2D eigenvalue weighted by Gasteiger charge is 2.39. The fourth-order valence-corrected chi connectivity index (χ4v) is 2.31. The SMILES string of the molecule is CCOC(=O)c1nn(C2CN(C(=O)C(C)(C)C)C2)cc1[N+](=O)[O-]. The Balaban J connectivity index is 2.14. The van der Waals surface area contributed by atoms with Crippen LogP contribution in [0.2, 0.25) is 0 Å². The Kier molecular flexibility index (Phi) is 4.39. The maximum atomic E-state index is 12.1. The van der Waals surface area contributed by atoms with E-state index < -0.39 is 16.3 Å². The first-order valence-corrected chi connectivity index (χ1v) is 7.35. The maximum absolute atomic E-state index is 12.1. The molecule has 0 unspecified atom stereocenters. The van der Waals surface area contributed by atoms with Gasteiger partial charge in [0.05, 0.1) is 17.6 Å². The summed E-state index contributed by atoms with van der Waals surface area (Å²) in [6.45, 7) is 8.05. The highest BCUT2D eigenvalue weighted by Crippen LogP contribution is 2.29. The zero-order chi connectivity index (χ0) is 17.4. The molecule has 2 rings (SSSR count). The van der Waals surface area contributed by atoms with E-state index in [1.165, 1.54) is 10.9 Å². The van der Waals surface area contributed by atoms with Crippen molar-refractivity contribution >= 4 is 17.6 Å². The van der Waals surface area contributed by atoms with E-state index in [-0.39, 0.29) is 29.9 Å². The predicted molar refractivity (Wildman–Crippen MR) is 79.9 cm³/mol. The van der Waals surface area contributed by atoms with Crippen LogP contribution in [0.4, 0.5) is 5.69 Å². The molecule has 2 heterocycles.